The van der Waals surface area contributed by atoms with E-state index in [1.165, 1.54) is 218 Å². The van der Waals surface area contributed by atoms with Gasteiger partial charge in [0, 0.05) is 19.3 Å². The van der Waals surface area contributed by atoms with Crippen LogP contribution in [0.2, 0.25) is 0 Å². The number of allylic oxidation sites excluding steroid dienone is 34. The van der Waals surface area contributed by atoms with E-state index in [0.29, 0.717) is 19.3 Å². The first-order chi connectivity index (χ1) is 66.2. The fraction of sp³-hybridized carbons (Fsp3) is 0.684. The van der Waals surface area contributed by atoms with E-state index in [1.807, 2.05) is 0 Å². The lowest BCUT2D eigenvalue weighted by atomic mass is 10.0. The minimum absolute atomic E-state index is 0.0979. The summed E-state index contributed by atoms with van der Waals surface area (Å²) in [6.07, 6.45) is 146. The third kappa shape index (κ3) is 108. The summed E-state index contributed by atoms with van der Waals surface area (Å²) in [6.45, 7) is 2.42. The minimum Gasteiger partial charge on any atom is -0.463 e. The highest BCUT2D eigenvalue weighted by atomic mass is 31.2. The van der Waals surface area contributed by atoms with E-state index in [4.69, 9.17) is 32.3 Å². The zero-order chi connectivity index (χ0) is 97.8. The molecule has 0 amide bonds. The highest BCUT2D eigenvalue weighted by Gasteiger charge is 2.30. The summed E-state index contributed by atoms with van der Waals surface area (Å²) >= 11 is 0. The summed E-state index contributed by atoms with van der Waals surface area (Å²) in [6, 6.07) is 0. The maximum atomic E-state index is 13.2. The van der Waals surface area contributed by atoms with Gasteiger partial charge in [0.05, 0.1) is 26.4 Å². The lowest BCUT2D eigenvalue weighted by molar-refractivity contribution is -0.161. The number of phosphoric ester groups is 2. The van der Waals surface area contributed by atoms with Crippen LogP contribution in [-0.2, 0) is 55.8 Å². The predicted octanol–water partition coefficient (Wildman–Crippen LogP) is 35.0. The van der Waals surface area contributed by atoms with Crippen molar-refractivity contribution < 1.29 is 75.8 Å². The van der Waals surface area contributed by atoms with Gasteiger partial charge in [-0.25, -0.2) is 9.13 Å². The number of carbonyl (C=O) groups excluding carboxylic acids is 3. The van der Waals surface area contributed by atoms with Gasteiger partial charge < -0.3 is 34.2 Å². The van der Waals surface area contributed by atoms with Crippen LogP contribution in [-0.4, -0.2) is 95.9 Å². The van der Waals surface area contributed by atoms with Gasteiger partial charge in [0.1, 0.15) is 25.4 Å². The molecule has 0 saturated carbocycles. The monoisotopic (exact) mass is 1920 g/mol. The first-order valence-corrected chi connectivity index (χ1v) is 57.4. The van der Waals surface area contributed by atoms with Crippen LogP contribution in [0.3, 0.4) is 0 Å². The van der Waals surface area contributed by atoms with E-state index < -0.39 is 91.5 Å². The van der Waals surface area contributed by atoms with Crippen molar-refractivity contribution in [2.75, 3.05) is 39.6 Å². The molecule has 0 rings (SSSR count). The van der Waals surface area contributed by atoms with E-state index in [-0.39, 0.29) is 19.3 Å². The largest absolute Gasteiger partial charge is 0.472 e. The normalized spacial score (nSPS) is 14.4. The lowest BCUT2D eigenvalue weighted by Crippen LogP contribution is -2.30. The van der Waals surface area contributed by atoms with Crippen LogP contribution in [0.25, 0.3) is 0 Å². The van der Waals surface area contributed by atoms with E-state index >= 15 is 0 Å². The van der Waals surface area contributed by atoms with Crippen molar-refractivity contribution in [2.45, 2.75) is 476 Å². The Labute approximate surface area is 826 Å². The summed E-state index contributed by atoms with van der Waals surface area (Å²) in [4.78, 5) is 59.3. The molecule has 0 radical (unpaired) electrons. The molecule has 4 N–H and O–H groups in total. The van der Waals surface area contributed by atoms with Crippen LogP contribution in [0.4, 0.5) is 0 Å². The minimum atomic E-state index is -4.95. The Morgan fingerprint density at radius 2 is 0.370 bits per heavy atom. The Balaban J connectivity index is 4.61. The number of aliphatic hydroxyl groups is 2. The van der Waals surface area contributed by atoms with Crippen molar-refractivity contribution in [2.24, 2.45) is 0 Å². The second kappa shape index (κ2) is 107. The summed E-state index contributed by atoms with van der Waals surface area (Å²) < 4.78 is 61.8. The number of unbranched alkanes of at least 4 members (excludes halogenated alkanes) is 45. The van der Waals surface area contributed by atoms with Crippen molar-refractivity contribution in [1.82, 2.24) is 0 Å². The maximum Gasteiger partial charge on any atom is 0.472 e. The Bertz CT molecular complexity index is 3290. The maximum absolute atomic E-state index is 13.2. The van der Waals surface area contributed by atoms with Crippen LogP contribution in [0.5, 0.6) is 0 Å². The molecule has 0 fully saturated rings. The summed E-state index contributed by atoms with van der Waals surface area (Å²) in [5.41, 5.74) is 0. The average molecular weight is 1920 g/mol. The van der Waals surface area contributed by atoms with Gasteiger partial charge in [0.25, 0.3) is 0 Å². The molecule has 0 aromatic heterocycles. The summed E-state index contributed by atoms with van der Waals surface area (Å²) in [7, 11) is -9.83. The smallest absolute Gasteiger partial charge is 0.463 e. The molecule has 0 aromatic rings. The Morgan fingerprint density at radius 3 is 0.585 bits per heavy atom. The molecule has 16 nitrogen and oxygen atoms in total. The van der Waals surface area contributed by atoms with E-state index in [0.717, 1.165) is 180 Å². The highest BCUT2D eigenvalue weighted by Crippen LogP contribution is 2.45. The molecule has 0 aliphatic rings. The zero-order valence-corrected chi connectivity index (χ0v) is 87.6. The first-order valence-electron chi connectivity index (χ1n) is 54.4. The van der Waals surface area contributed by atoms with Crippen LogP contribution in [0, 0.1) is 0 Å². The Hall–Kier alpha value is -5.87. The van der Waals surface area contributed by atoms with Gasteiger partial charge in [0.2, 0.25) is 0 Å². The Morgan fingerprint density at radius 1 is 0.207 bits per heavy atom. The number of carbonyl (C=O) groups is 3. The van der Waals surface area contributed by atoms with Crippen molar-refractivity contribution in [3.63, 3.8) is 0 Å². The van der Waals surface area contributed by atoms with E-state index in [9.17, 15) is 43.5 Å². The number of ether oxygens (including phenoxy) is 3. The summed E-state index contributed by atoms with van der Waals surface area (Å²) in [5.74, 6) is -1.56. The van der Waals surface area contributed by atoms with Crippen molar-refractivity contribution in [3.05, 3.63) is 207 Å². The van der Waals surface area contributed by atoms with E-state index in [2.05, 4.69) is 227 Å². The molecule has 0 aliphatic heterocycles. The van der Waals surface area contributed by atoms with Gasteiger partial charge in [-0.3, -0.25) is 32.5 Å². The quantitative estimate of drug-likeness (QED) is 0.0146. The number of aliphatic hydroxyl groups excluding tert-OH is 2. The molecule has 18 heteroatoms. The van der Waals surface area contributed by atoms with Gasteiger partial charge in [-0.2, -0.15) is 0 Å². The molecule has 5 unspecified atom stereocenters. The summed E-state index contributed by atoms with van der Waals surface area (Å²) in [5, 5.41) is 20.8. The molecule has 0 saturated heterocycles. The Kier molecular flexibility index (Phi) is 102. The molecule has 0 aromatic carbocycles. The molecule has 0 aliphatic carbocycles. The average Bonchev–Trinajstić information content (AvgIpc) is 0.900. The second-order valence-electron chi connectivity index (χ2n) is 36.0. The fourth-order valence-corrected chi connectivity index (χ4v) is 16.5. The van der Waals surface area contributed by atoms with Gasteiger partial charge in [-0.15, -0.1) is 0 Å². The first kappa shape index (κ1) is 129. The molecule has 5 atom stereocenters. The highest BCUT2D eigenvalue weighted by molar-refractivity contribution is 7.47. The van der Waals surface area contributed by atoms with Crippen LogP contribution in [0.1, 0.15) is 457 Å². The molecule has 0 spiro atoms. The standard InChI is InChI=1S/C117H198O16P2/c1-4-7-10-13-16-19-22-25-28-31-34-37-40-43-46-49-52-54-55-57-60-61-64-67-70-73-76-79-82-85-88-91-94-97-100-103-115(120)127-106-112(118)107-129-134(123,124)130-108-113(119)109-131-135(125,126)132-111-114(133-117(122)105-102-99-96-93-90-87-84-81-78-75-72-69-66-63-58-51-48-45-42-39-36-33-30-27-24-21-18-15-12-9-6-3)110-128-116(121)104-101-98-95-92-89-86-83-80-77-74-71-68-65-62-59-56-53-50-47-44-41-38-35-32-29-26-23-20-17-14-11-8-5-2/h7-12,16-21,25-30,34-39,43-48,52,54,58,63,112-114,118-119H,4-6,13-15,22-24,31-33,40-42,49-51,53,55-57,59-62,64-111H2,1-3H3,(H,123,124)(H,125,126)/b10-7-,11-8-,12-9-,19-16-,20-17-,21-18-,28-25-,29-26-,30-27-,37-34-,38-35-,39-36-,46-43-,47-44-,48-45-,54-52-,63-58-. The number of esters is 3. The van der Waals surface area contributed by atoms with E-state index in [1.54, 1.807) is 0 Å². The second-order valence-corrected chi connectivity index (χ2v) is 38.9. The van der Waals surface area contributed by atoms with Gasteiger partial charge in [0.15, 0.2) is 6.10 Å². The van der Waals surface area contributed by atoms with Crippen molar-refractivity contribution >= 4 is 33.6 Å². The number of hydrogen-bond acceptors (Lipinski definition) is 14. The van der Waals surface area contributed by atoms with Crippen molar-refractivity contribution in [1.29, 1.82) is 0 Å². The molecule has 0 heterocycles. The fourth-order valence-electron chi connectivity index (χ4n) is 14.9. The number of phosphoric acid groups is 2. The van der Waals surface area contributed by atoms with Crippen LogP contribution >= 0.6 is 15.6 Å². The predicted molar refractivity (Wildman–Crippen MR) is 574 cm³/mol. The SMILES string of the molecule is CC/C=C\C/C=C\C/C=C\C/C=C\C/C=C\C/C=C\CCCCCCCCCCCCCCCCCCC(=O)OCC(O)COP(=O)(O)OCC(O)COP(=O)(O)OCC(COC(=O)CCCCCCCCCCCCCCCCCCC/C=C\C/C=C\C/C=C\C/C=C\C/C=C\CC)OC(=O)CCCCCCCCCCCCCC/C=C\C/C=C\C/C=C\C/C=C\C/C=C\C/C=C\CC. The molecular weight excluding hydrogens is 1720 g/mol. The number of rotatable bonds is 102. The van der Waals surface area contributed by atoms with Gasteiger partial charge in [-0.1, -0.05) is 478 Å². The molecule has 0 bridgehead atoms. The third-order valence-corrected chi connectivity index (χ3v) is 24.9. The lowest BCUT2D eigenvalue weighted by Gasteiger charge is -2.21. The third-order valence-electron chi connectivity index (χ3n) is 23.0. The number of hydrogen-bond donors (Lipinski definition) is 4. The molecular formula is C117H198O16P2. The van der Waals surface area contributed by atoms with Crippen LogP contribution < -0.4 is 0 Å². The zero-order valence-electron chi connectivity index (χ0n) is 85.8. The van der Waals surface area contributed by atoms with Crippen LogP contribution in [0.15, 0.2) is 207 Å². The van der Waals surface area contributed by atoms with Gasteiger partial charge >= 0.3 is 33.6 Å². The van der Waals surface area contributed by atoms with Gasteiger partial charge in [-0.05, 0) is 167 Å². The topological polar surface area (TPSA) is 231 Å². The molecule has 135 heavy (non-hydrogen) atoms. The van der Waals surface area contributed by atoms with Crippen molar-refractivity contribution in [3.8, 4) is 0 Å². The molecule has 772 valence electrons.